The SMILES string of the molecule is CN1C2CCC1CC(c1noc(CC3CSCCS3)n1)C2. The standard InChI is InChI=1S/C15H23N3OS2/c1-18-11-2-3-12(18)7-10(6-11)15-16-14(19-17-15)8-13-9-20-4-5-21-13/h10-13H,2-9H2,1H3. The number of thioether (sulfide) groups is 2. The maximum absolute atomic E-state index is 5.54. The molecule has 3 atom stereocenters. The fourth-order valence-electron chi connectivity index (χ4n) is 3.99. The van der Waals surface area contributed by atoms with Gasteiger partial charge >= 0.3 is 0 Å². The molecule has 0 saturated carbocycles. The molecule has 3 unspecified atom stereocenters. The third-order valence-electron chi connectivity index (χ3n) is 5.23. The van der Waals surface area contributed by atoms with Crippen molar-refractivity contribution in [3.05, 3.63) is 11.7 Å². The Morgan fingerprint density at radius 2 is 2.05 bits per heavy atom. The Labute approximate surface area is 134 Å². The van der Waals surface area contributed by atoms with Gasteiger partial charge in [0, 0.05) is 46.9 Å². The Balaban J connectivity index is 1.40. The van der Waals surface area contributed by atoms with Gasteiger partial charge in [0.05, 0.1) is 0 Å². The van der Waals surface area contributed by atoms with Crippen LogP contribution in [0.1, 0.15) is 43.3 Å². The molecule has 0 aliphatic carbocycles. The summed E-state index contributed by atoms with van der Waals surface area (Å²) in [6.45, 7) is 0. The van der Waals surface area contributed by atoms with E-state index in [0.29, 0.717) is 11.2 Å². The second-order valence-electron chi connectivity index (χ2n) is 6.54. The van der Waals surface area contributed by atoms with Gasteiger partial charge in [-0.3, -0.25) is 0 Å². The number of hydrogen-bond acceptors (Lipinski definition) is 6. The van der Waals surface area contributed by atoms with Gasteiger partial charge in [-0.15, -0.1) is 0 Å². The Morgan fingerprint density at radius 3 is 2.76 bits per heavy atom. The minimum Gasteiger partial charge on any atom is -0.339 e. The van der Waals surface area contributed by atoms with Gasteiger partial charge in [0.1, 0.15) is 0 Å². The molecule has 3 fully saturated rings. The predicted octanol–water partition coefficient (Wildman–Crippen LogP) is 2.80. The zero-order chi connectivity index (χ0) is 14.2. The quantitative estimate of drug-likeness (QED) is 0.851. The van der Waals surface area contributed by atoms with Gasteiger partial charge in [-0.25, -0.2) is 0 Å². The van der Waals surface area contributed by atoms with Crippen LogP contribution < -0.4 is 0 Å². The van der Waals surface area contributed by atoms with Gasteiger partial charge in [-0.2, -0.15) is 28.5 Å². The first-order valence-electron chi connectivity index (χ1n) is 8.03. The summed E-state index contributed by atoms with van der Waals surface area (Å²) in [6, 6.07) is 1.47. The van der Waals surface area contributed by atoms with Crippen LogP contribution >= 0.6 is 23.5 Å². The molecule has 0 N–H and O–H groups in total. The molecule has 0 spiro atoms. The largest absolute Gasteiger partial charge is 0.339 e. The summed E-state index contributed by atoms with van der Waals surface area (Å²) in [5.74, 6) is 6.12. The fraction of sp³-hybridized carbons (Fsp3) is 0.867. The molecule has 4 heterocycles. The lowest BCUT2D eigenvalue weighted by Gasteiger charge is -2.34. The van der Waals surface area contributed by atoms with Gasteiger partial charge in [0.2, 0.25) is 5.89 Å². The van der Waals surface area contributed by atoms with E-state index in [4.69, 9.17) is 9.51 Å². The second kappa shape index (κ2) is 6.13. The second-order valence-corrected chi connectivity index (χ2v) is 9.10. The molecule has 1 aromatic rings. The zero-order valence-corrected chi connectivity index (χ0v) is 14.2. The monoisotopic (exact) mass is 325 g/mol. The molecule has 116 valence electrons. The van der Waals surface area contributed by atoms with Crippen molar-refractivity contribution in [3.63, 3.8) is 0 Å². The number of piperidine rings is 1. The van der Waals surface area contributed by atoms with Crippen molar-refractivity contribution in [1.29, 1.82) is 0 Å². The van der Waals surface area contributed by atoms with Gasteiger partial charge in [0.25, 0.3) is 0 Å². The van der Waals surface area contributed by atoms with E-state index in [0.717, 1.165) is 30.2 Å². The van der Waals surface area contributed by atoms with Crippen molar-refractivity contribution in [3.8, 4) is 0 Å². The molecule has 1 aromatic heterocycles. The molecular formula is C15H23N3OS2. The lowest BCUT2D eigenvalue weighted by molar-refractivity contribution is 0.157. The van der Waals surface area contributed by atoms with E-state index in [2.05, 4.69) is 28.9 Å². The smallest absolute Gasteiger partial charge is 0.227 e. The Bertz CT molecular complexity index is 475. The van der Waals surface area contributed by atoms with Crippen LogP contribution in [0.4, 0.5) is 0 Å². The molecule has 3 aliphatic heterocycles. The average Bonchev–Trinajstić information content (AvgIpc) is 3.02. The minimum absolute atomic E-state index is 0.518. The summed E-state index contributed by atoms with van der Waals surface area (Å²) in [4.78, 5) is 7.29. The van der Waals surface area contributed by atoms with Crippen LogP contribution in [0.2, 0.25) is 0 Å². The summed E-state index contributed by atoms with van der Waals surface area (Å²) >= 11 is 4.11. The Morgan fingerprint density at radius 1 is 1.24 bits per heavy atom. The molecule has 2 bridgehead atoms. The van der Waals surface area contributed by atoms with Crippen LogP contribution in [0.25, 0.3) is 0 Å². The summed E-state index contributed by atoms with van der Waals surface area (Å²) in [6.07, 6.45) is 6.06. The highest BCUT2D eigenvalue weighted by molar-refractivity contribution is 8.06. The summed E-state index contributed by atoms with van der Waals surface area (Å²) < 4.78 is 5.54. The van der Waals surface area contributed by atoms with E-state index in [1.54, 1.807) is 0 Å². The number of fused-ring (bicyclic) bond motifs is 2. The number of nitrogens with zero attached hydrogens (tertiary/aromatic N) is 3. The highest BCUT2D eigenvalue weighted by atomic mass is 32.2. The minimum atomic E-state index is 0.518. The van der Waals surface area contributed by atoms with Crippen LogP contribution in [0, 0.1) is 0 Å². The molecule has 0 aromatic carbocycles. The zero-order valence-electron chi connectivity index (χ0n) is 12.5. The molecule has 21 heavy (non-hydrogen) atoms. The molecule has 0 radical (unpaired) electrons. The lowest BCUT2D eigenvalue weighted by atomic mass is 9.90. The van der Waals surface area contributed by atoms with Crippen LogP contribution in [0.3, 0.4) is 0 Å². The van der Waals surface area contributed by atoms with E-state index >= 15 is 0 Å². The van der Waals surface area contributed by atoms with Gasteiger partial charge in [-0.1, -0.05) is 5.16 Å². The summed E-state index contributed by atoms with van der Waals surface area (Å²) in [7, 11) is 2.28. The molecule has 4 rings (SSSR count). The van der Waals surface area contributed by atoms with E-state index in [-0.39, 0.29) is 0 Å². The number of hydrogen-bond donors (Lipinski definition) is 0. The van der Waals surface area contributed by atoms with Gasteiger partial charge in [0.15, 0.2) is 5.82 Å². The van der Waals surface area contributed by atoms with Crippen LogP contribution in [0.15, 0.2) is 4.52 Å². The lowest BCUT2D eigenvalue weighted by Crippen LogP contribution is -2.39. The first-order valence-corrected chi connectivity index (χ1v) is 10.2. The number of rotatable bonds is 3. The first-order chi connectivity index (χ1) is 10.3. The molecule has 4 nitrogen and oxygen atoms in total. The summed E-state index contributed by atoms with van der Waals surface area (Å²) in [5, 5.41) is 4.96. The van der Waals surface area contributed by atoms with Gasteiger partial charge < -0.3 is 9.42 Å². The average molecular weight is 326 g/mol. The van der Waals surface area contributed by atoms with E-state index in [1.165, 1.54) is 42.9 Å². The first kappa shape index (κ1) is 14.4. The van der Waals surface area contributed by atoms with Crippen molar-refractivity contribution in [2.45, 2.75) is 55.4 Å². The summed E-state index contributed by atoms with van der Waals surface area (Å²) in [5.41, 5.74) is 0. The third kappa shape index (κ3) is 2.99. The molecule has 6 heteroatoms. The fourth-order valence-corrected chi connectivity index (χ4v) is 6.66. The van der Waals surface area contributed by atoms with Crippen molar-refractivity contribution in [1.82, 2.24) is 15.0 Å². The highest BCUT2D eigenvalue weighted by Gasteiger charge is 2.40. The van der Waals surface area contributed by atoms with Crippen LogP contribution in [-0.2, 0) is 6.42 Å². The van der Waals surface area contributed by atoms with Gasteiger partial charge in [-0.05, 0) is 32.7 Å². The number of aromatic nitrogens is 2. The van der Waals surface area contributed by atoms with Crippen molar-refractivity contribution in [2.24, 2.45) is 0 Å². The van der Waals surface area contributed by atoms with E-state index in [9.17, 15) is 0 Å². The van der Waals surface area contributed by atoms with Crippen LogP contribution in [-0.4, -0.2) is 56.7 Å². The molecular weight excluding hydrogens is 302 g/mol. The molecule has 3 saturated heterocycles. The Hall–Kier alpha value is -0.200. The van der Waals surface area contributed by atoms with Crippen molar-refractivity contribution < 1.29 is 4.52 Å². The van der Waals surface area contributed by atoms with E-state index in [1.807, 2.05) is 11.8 Å². The molecule has 3 aliphatic rings. The normalized spacial score (nSPS) is 37.0. The highest BCUT2D eigenvalue weighted by Crippen LogP contribution is 2.41. The third-order valence-corrected chi connectivity index (χ3v) is 8.08. The van der Waals surface area contributed by atoms with Crippen molar-refractivity contribution >= 4 is 23.5 Å². The molecule has 0 amide bonds. The maximum Gasteiger partial charge on any atom is 0.227 e. The van der Waals surface area contributed by atoms with Crippen molar-refractivity contribution in [2.75, 3.05) is 24.3 Å². The Kier molecular flexibility index (Phi) is 4.20. The van der Waals surface area contributed by atoms with Crippen LogP contribution in [0.5, 0.6) is 0 Å². The van der Waals surface area contributed by atoms with E-state index < -0.39 is 0 Å². The predicted molar refractivity (Wildman–Crippen MR) is 88.1 cm³/mol. The topological polar surface area (TPSA) is 42.2 Å². The maximum atomic E-state index is 5.54.